The highest BCUT2D eigenvalue weighted by Gasteiger charge is 2.29. The molecule has 0 bridgehead atoms. The zero-order valence-corrected chi connectivity index (χ0v) is 15.4. The zero-order chi connectivity index (χ0) is 18.4. The lowest BCUT2D eigenvalue weighted by atomic mass is 10.1. The van der Waals surface area contributed by atoms with Crippen molar-refractivity contribution < 1.29 is 28.5 Å². The van der Waals surface area contributed by atoms with Crippen molar-refractivity contribution in [1.29, 1.82) is 0 Å². The van der Waals surface area contributed by atoms with Crippen LogP contribution in [-0.4, -0.2) is 62.9 Å². The molecule has 0 spiro atoms. The minimum atomic E-state index is -0.687. The second-order valence-electron chi connectivity index (χ2n) is 7.22. The lowest BCUT2D eigenvalue weighted by Gasteiger charge is -2.32. The molecule has 1 saturated heterocycles. The van der Waals surface area contributed by atoms with E-state index >= 15 is 0 Å². The molecule has 140 valence electrons. The van der Waals surface area contributed by atoms with Crippen LogP contribution < -0.4 is 10.6 Å². The number of nitrogens with one attached hydrogen (secondary N) is 2. The highest BCUT2D eigenvalue weighted by Crippen LogP contribution is 2.13. The third-order valence-electron chi connectivity index (χ3n) is 3.45. The molecule has 2 atom stereocenters. The Morgan fingerprint density at radius 3 is 1.46 bits per heavy atom. The molecular formula is C16H30N2O6. The van der Waals surface area contributed by atoms with Gasteiger partial charge in [0.2, 0.25) is 11.8 Å². The van der Waals surface area contributed by atoms with E-state index in [0.29, 0.717) is 0 Å². The number of methoxy groups -OCH3 is 2. The van der Waals surface area contributed by atoms with Crippen molar-refractivity contribution in [3.8, 4) is 0 Å². The SMILES string of the molecule is CO[C@H]1CC(=O)NC(C)(C)CO[C@@H](OC)CC(=O)NC(C)(C)CO1. The summed E-state index contributed by atoms with van der Waals surface area (Å²) >= 11 is 0. The first-order valence-corrected chi connectivity index (χ1v) is 7.98. The summed E-state index contributed by atoms with van der Waals surface area (Å²) < 4.78 is 21.7. The predicted octanol–water partition coefficient (Wildman–Crippen LogP) is 0.548. The van der Waals surface area contributed by atoms with Crippen molar-refractivity contribution in [2.75, 3.05) is 27.4 Å². The topological polar surface area (TPSA) is 95.1 Å². The summed E-state index contributed by atoms with van der Waals surface area (Å²) in [6, 6.07) is 0. The Balaban J connectivity index is 2.88. The Labute approximate surface area is 143 Å². The van der Waals surface area contributed by atoms with Crippen LogP contribution in [0.15, 0.2) is 0 Å². The third kappa shape index (κ3) is 7.57. The van der Waals surface area contributed by atoms with E-state index in [4.69, 9.17) is 18.9 Å². The van der Waals surface area contributed by atoms with Gasteiger partial charge in [0.1, 0.15) is 0 Å². The van der Waals surface area contributed by atoms with Crippen LogP contribution in [0.2, 0.25) is 0 Å². The summed E-state index contributed by atoms with van der Waals surface area (Å²) in [5, 5.41) is 5.74. The van der Waals surface area contributed by atoms with Gasteiger partial charge in [0, 0.05) is 14.2 Å². The Kier molecular flexibility index (Phi) is 7.59. The minimum Gasteiger partial charge on any atom is -0.355 e. The van der Waals surface area contributed by atoms with Gasteiger partial charge in [-0.05, 0) is 27.7 Å². The molecule has 0 radical (unpaired) electrons. The molecule has 2 N–H and O–H groups in total. The van der Waals surface area contributed by atoms with Gasteiger partial charge in [-0.1, -0.05) is 0 Å². The zero-order valence-electron chi connectivity index (χ0n) is 15.4. The molecule has 0 aromatic rings. The first-order valence-electron chi connectivity index (χ1n) is 7.98. The van der Waals surface area contributed by atoms with E-state index in [0.717, 1.165) is 0 Å². The van der Waals surface area contributed by atoms with Gasteiger partial charge in [0.25, 0.3) is 0 Å². The van der Waals surface area contributed by atoms with Crippen LogP contribution in [0.4, 0.5) is 0 Å². The monoisotopic (exact) mass is 346 g/mol. The highest BCUT2D eigenvalue weighted by molar-refractivity contribution is 5.77. The van der Waals surface area contributed by atoms with Gasteiger partial charge in [-0.2, -0.15) is 0 Å². The van der Waals surface area contributed by atoms with E-state index in [9.17, 15) is 9.59 Å². The molecule has 0 unspecified atom stereocenters. The van der Waals surface area contributed by atoms with E-state index in [2.05, 4.69) is 10.6 Å². The van der Waals surface area contributed by atoms with Crippen molar-refractivity contribution in [1.82, 2.24) is 10.6 Å². The van der Waals surface area contributed by atoms with Gasteiger partial charge in [-0.3, -0.25) is 9.59 Å². The molecule has 0 aromatic heterocycles. The van der Waals surface area contributed by atoms with E-state index in [1.165, 1.54) is 14.2 Å². The molecule has 1 fully saturated rings. The summed E-state index contributed by atoms with van der Waals surface area (Å²) in [5.74, 6) is -0.411. The molecular weight excluding hydrogens is 316 g/mol. The van der Waals surface area contributed by atoms with Crippen molar-refractivity contribution in [3.05, 3.63) is 0 Å². The molecule has 1 heterocycles. The average Bonchev–Trinajstić information content (AvgIpc) is 2.45. The maximum Gasteiger partial charge on any atom is 0.225 e. The lowest BCUT2D eigenvalue weighted by molar-refractivity contribution is -0.166. The lowest BCUT2D eigenvalue weighted by Crippen LogP contribution is -2.51. The number of ether oxygens (including phenoxy) is 4. The Morgan fingerprint density at radius 2 is 1.17 bits per heavy atom. The minimum absolute atomic E-state index is 0.0532. The largest absolute Gasteiger partial charge is 0.355 e. The van der Waals surface area contributed by atoms with E-state index in [-0.39, 0.29) is 37.9 Å². The van der Waals surface area contributed by atoms with Crippen LogP contribution in [0.1, 0.15) is 40.5 Å². The van der Waals surface area contributed by atoms with E-state index in [1.807, 2.05) is 27.7 Å². The highest BCUT2D eigenvalue weighted by atomic mass is 16.7. The number of carbonyl (C=O) groups excluding carboxylic acids is 2. The van der Waals surface area contributed by atoms with Crippen molar-refractivity contribution in [3.63, 3.8) is 0 Å². The molecule has 1 aliphatic rings. The molecule has 24 heavy (non-hydrogen) atoms. The summed E-state index contributed by atoms with van der Waals surface area (Å²) in [5.41, 5.74) is -1.24. The van der Waals surface area contributed by atoms with Crippen LogP contribution in [0, 0.1) is 0 Å². The fourth-order valence-corrected chi connectivity index (χ4v) is 2.25. The third-order valence-corrected chi connectivity index (χ3v) is 3.45. The molecule has 0 aliphatic carbocycles. The van der Waals surface area contributed by atoms with Crippen LogP contribution in [0.3, 0.4) is 0 Å². The Bertz CT molecular complexity index is 398. The number of rotatable bonds is 2. The molecule has 8 nitrogen and oxygen atoms in total. The van der Waals surface area contributed by atoms with Crippen molar-refractivity contribution >= 4 is 11.8 Å². The number of carbonyl (C=O) groups is 2. The van der Waals surface area contributed by atoms with Crippen molar-refractivity contribution in [2.24, 2.45) is 0 Å². The second kappa shape index (κ2) is 8.75. The standard InChI is InChI=1S/C16H30N2O6/c1-15(2)9-23-13(21-5)8-12(20)18-16(3,4)10-24-14(22-6)7-11(19)17-15/h13-14H,7-10H2,1-6H3,(H,17,19)(H,18,20)/t13-,14-/m1/s1. The van der Waals surface area contributed by atoms with Gasteiger partial charge < -0.3 is 29.6 Å². The summed E-state index contributed by atoms with van der Waals surface area (Å²) in [6.07, 6.45) is -1.27. The van der Waals surface area contributed by atoms with Gasteiger partial charge in [0.15, 0.2) is 12.6 Å². The Morgan fingerprint density at radius 1 is 0.833 bits per heavy atom. The fraction of sp³-hybridized carbons (Fsp3) is 0.875. The molecule has 1 aliphatic heterocycles. The predicted molar refractivity (Wildman–Crippen MR) is 87.2 cm³/mol. The maximum absolute atomic E-state index is 12.2. The molecule has 1 rings (SSSR count). The van der Waals surface area contributed by atoms with E-state index in [1.54, 1.807) is 0 Å². The molecule has 0 saturated carbocycles. The normalized spacial score (nSPS) is 29.2. The first kappa shape index (κ1) is 20.8. The summed E-state index contributed by atoms with van der Waals surface area (Å²) in [6.45, 7) is 7.72. The smallest absolute Gasteiger partial charge is 0.225 e. The van der Waals surface area contributed by atoms with Gasteiger partial charge in [0.05, 0.1) is 37.1 Å². The van der Waals surface area contributed by atoms with Crippen LogP contribution in [-0.2, 0) is 28.5 Å². The molecule has 0 aromatic carbocycles. The fourth-order valence-electron chi connectivity index (χ4n) is 2.25. The van der Waals surface area contributed by atoms with Crippen LogP contribution in [0.5, 0.6) is 0 Å². The van der Waals surface area contributed by atoms with Crippen molar-refractivity contribution in [2.45, 2.75) is 64.2 Å². The van der Waals surface area contributed by atoms with Crippen LogP contribution >= 0.6 is 0 Å². The number of hydrogen-bond donors (Lipinski definition) is 2. The molecule has 8 heteroatoms. The van der Waals surface area contributed by atoms with E-state index < -0.39 is 23.7 Å². The quantitative estimate of drug-likeness (QED) is 0.758. The van der Waals surface area contributed by atoms with Gasteiger partial charge >= 0.3 is 0 Å². The van der Waals surface area contributed by atoms with Gasteiger partial charge in [-0.15, -0.1) is 0 Å². The Hall–Kier alpha value is -1.22. The maximum atomic E-state index is 12.2. The first-order chi connectivity index (χ1) is 11.1. The van der Waals surface area contributed by atoms with Gasteiger partial charge in [-0.25, -0.2) is 0 Å². The average molecular weight is 346 g/mol. The number of hydrogen-bond acceptors (Lipinski definition) is 6. The summed E-state index contributed by atoms with van der Waals surface area (Å²) in [4.78, 5) is 24.3. The molecule has 2 amide bonds. The number of amides is 2. The summed E-state index contributed by atoms with van der Waals surface area (Å²) in [7, 11) is 2.95. The van der Waals surface area contributed by atoms with Crippen LogP contribution in [0.25, 0.3) is 0 Å². The second-order valence-corrected chi connectivity index (χ2v) is 7.22.